The Bertz CT molecular complexity index is 560. The van der Waals surface area contributed by atoms with Crippen molar-refractivity contribution in [3.05, 3.63) is 24.3 Å². The summed E-state index contributed by atoms with van der Waals surface area (Å²) in [5.74, 6) is -0.384. The predicted octanol–water partition coefficient (Wildman–Crippen LogP) is 0.185. The molecule has 0 bridgehead atoms. The van der Waals surface area contributed by atoms with Gasteiger partial charge in [0.25, 0.3) is 5.91 Å². The lowest BCUT2D eigenvalue weighted by Crippen LogP contribution is -2.51. The molecule has 0 radical (unpaired) electrons. The number of hydrogen-bond donors (Lipinski definition) is 2. The molecule has 2 aliphatic heterocycles. The number of carboxylic acid groups (broad SMARTS) is 1. The summed E-state index contributed by atoms with van der Waals surface area (Å²) < 4.78 is 16.1. The minimum atomic E-state index is -1.08. The van der Waals surface area contributed by atoms with Crippen LogP contribution in [0, 0.1) is 0 Å². The first kappa shape index (κ1) is 13.7. The first-order valence-electron chi connectivity index (χ1n) is 6.68. The molecule has 0 aromatic heterocycles. The summed E-state index contributed by atoms with van der Waals surface area (Å²) in [7, 11) is 0. The molecular formula is C14H15NO6. The van der Waals surface area contributed by atoms with Crippen LogP contribution in [0.15, 0.2) is 24.3 Å². The van der Waals surface area contributed by atoms with E-state index in [1.807, 2.05) is 6.07 Å². The van der Waals surface area contributed by atoms with E-state index in [1.165, 1.54) is 0 Å². The zero-order valence-electron chi connectivity index (χ0n) is 11.2. The number of carbonyl (C=O) groups is 2. The number of carbonyl (C=O) groups excluding carboxylic acids is 1. The number of ether oxygens (including phenoxy) is 3. The van der Waals surface area contributed by atoms with Crippen LogP contribution in [0.3, 0.4) is 0 Å². The summed E-state index contributed by atoms with van der Waals surface area (Å²) in [4.78, 5) is 23.2. The van der Waals surface area contributed by atoms with Gasteiger partial charge in [-0.15, -0.1) is 0 Å². The normalized spacial score (nSPS) is 27.1. The maximum Gasteiger partial charge on any atom is 0.334 e. The van der Waals surface area contributed by atoms with Gasteiger partial charge < -0.3 is 24.6 Å². The molecule has 0 saturated carbocycles. The highest BCUT2D eigenvalue weighted by atomic mass is 16.6. The molecule has 1 unspecified atom stereocenters. The molecule has 0 spiro atoms. The number of fused-ring (bicyclic) bond motifs is 1. The molecule has 2 heterocycles. The van der Waals surface area contributed by atoms with Crippen LogP contribution in [0.4, 0.5) is 0 Å². The topological polar surface area (TPSA) is 94.1 Å². The van der Waals surface area contributed by atoms with Crippen molar-refractivity contribution >= 4 is 11.9 Å². The van der Waals surface area contributed by atoms with Gasteiger partial charge >= 0.3 is 5.97 Å². The highest BCUT2D eigenvalue weighted by molar-refractivity contribution is 5.83. The van der Waals surface area contributed by atoms with Crippen molar-refractivity contribution in [1.82, 2.24) is 5.32 Å². The quantitative estimate of drug-likeness (QED) is 0.826. The van der Waals surface area contributed by atoms with Crippen LogP contribution in [0.25, 0.3) is 0 Å². The zero-order chi connectivity index (χ0) is 14.8. The van der Waals surface area contributed by atoms with E-state index in [0.29, 0.717) is 24.5 Å². The summed E-state index contributed by atoms with van der Waals surface area (Å²) in [6, 6.07) is 6.53. The molecule has 0 aliphatic carbocycles. The third kappa shape index (κ3) is 2.78. The van der Waals surface area contributed by atoms with Gasteiger partial charge in [0.2, 0.25) is 6.10 Å². The van der Waals surface area contributed by atoms with E-state index in [0.717, 1.165) is 0 Å². The Labute approximate surface area is 120 Å². The fourth-order valence-electron chi connectivity index (χ4n) is 2.41. The molecule has 7 heteroatoms. The van der Waals surface area contributed by atoms with Crippen LogP contribution in [0.1, 0.15) is 6.42 Å². The first-order valence-corrected chi connectivity index (χ1v) is 6.68. The van der Waals surface area contributed by atoms with E-state index in [4.69, 9.17) is 19.3 Å². The van der Waals surface area contributed by atoms with Crippen LogP contribution in [0.2, 0.25) is 0 Å². The summed E-state index contributed by atoms with van der Waals surface area (Å²) in [6.45, 7) is 0.404. The van der Waals surface area contributed by atoms with Crippen molar-refractivity contribution in [2.75, 3.05) is 13.2 Å². The molecule has 21 heavy (non-hydrogen) atoms. The van der Waals surface area contributed by atoms with E-state index in [1.54, 1.807) is 18.2 Å². The fourth-order valence-corrected chi connectivity index (χ4v) is 2.41. The van der Waals surface area contributed by atoms with Gasteiger partial charge in [0.1, 0.15) is 6.61 Å². The lowest BCUT2D eigenvalue weighted by atomic mass is 10.1. The second-order valence-corrected chi connectivity index (χ2v) is 4.90. The second-order valence-electron chi connectivity index (χ2n) is 4.90. The molecule has 2 aliphatic rings. The van der Waals surface area contributed by atoms with Gasteiger partial charge in [-0.1, -0.05) is 12.1 Å². The van der Waals surface area contributed by atoms with Gasteiger partial charge in [-0.05, 0) is 18.6 Å². The van der Waals surface area contributed by atoms with Crippen LogP contribution in [-0.4, -0.2) is 48.4 Å². The SMILES string of the molecule is O=C(N[C@H]1CCO[C@H]1C(=O)O)C1COc2ccccc2O1. The number of benzene rings is 1. The maximum atomic E-state index is 12.2. The average Bonchev–Trinajstić information content (AvgIpc) is 2.95. The monoisotopic (exact) mass is 293 g/mol. The molecule has 1 amide bonds. The largest absolute Gasteiger partial charge is 0.485 e. The Balaban J connectivity index is 1.63. The van der Waals surface area contributed by atoms with Crippen LogP contribution < -0.4 is 14.8 Å². The van der Waals surface area contributed by atoms with Gasteiger partial charge in [0.15, 0.2) is 17.6 Å². The highest BCUT2D eigenvalue weighted by Crippen LogP contribution is 2.31. The van der Waals surface area contributed by atoms with Crippen molar-refractivity contribution in [3.63, 3.8) is 0 Å². The summed E-state index contributed by atoms with van der Waals surface area (Å²) in [6.07, 6.45) is -1.34. The van der Waals surface area contributed by atoms with Gasteiger partial charge in [-0.2, -0.15) is 0 Å². The standard InChI is InChI=1S/C14H15NO6/c16-13(15-8-5-6-19-12(8)14(17)18)11-7-20-9-3-1-2-4-10(9)21-11/h1-4,8,11-12H,5-7H2,(H,15,16)(H,17,18)/t8-,11?,12+/m0/s1. The molecule has 1 fully saturated rings. The predicted molar refractivity (Wildman–Crippen MR) is 70.3 cm³/mol. The van der Waals surface area contributed by atoms with Crippen molar-refractivity contribution in [2.45, 2.75) is 24.7 Å². The maximum absolute atomic E-state index is 12.2. The van der Waals surface area contributed by atoms with Crippen molar-refractivity contribution in [2.24, 2.45) is 0 Å². The van der Waals surface area contributed by atoms with Gasteiger partial charge in [0.05, 0.1) is 6.04 Å². The Morgan fingerprint density at radius 3 is 2.76 bits per heavy atom. The molecule has 1 aromatic carbocycles. The second kappa shape index (κ2) is 5.61. The van der Waals surface area contributed by atoms with Crippen molar-refractivity contribution in [1.29, 1.82) is 0 Å². The van der Waals surface area contributed by atoms with Gasteiger partial charge in [-0.25, -0.2) is 4.79 Å². The van der Waals surface area contributed by atoms with E-state index in [-0.39, 0.29) is 6.61 Å². The molecule has 3 atom stereocenters. The zero-order valence-corrected chi connectivity index (χ0v) is 11.2. The van der Waals surface area contributed by atoms with E-state index in [9.17, 15) is 9.59 Å². The Morgan fingerprint density at radius 2 is 2.00 bits per heavy atom. The van der Waals surface area contributed by atoms with E-state index < -0.39 is 30.1 Å². The first-order chi connectivity index (χ1) is 10.1. The Hall–Kier alpha value is -2.28. The molecule has 2 N–H and O–H groups in total. The number of nitrogens with one attached hydrogen (secondary N) is 1. The minimum Gasteiger partial charge on any atom is -0.485 e. The minimum absolute atomic E-state index is 0.0914. The Morgan fingerprint density at radius 1 is 1.24 bits per heavy atom. The molecule has 1 aromatic rings. The third-order valence-electron chi connectivity index (χ3n) is 3.46. The number of carboxylic acids is 1. The van der Waals surface area contributed by atoms with Gasteiger partial charge in [-0.3, -0.25) is 4.79 Å². The third-order valence-corrected chi connectivity index (χ3v) is 3.46. The van der Waals surface area contributed by atoms with Gasteiger partial charge in [0, 0.05) is 6.61 Å². The number of rotatable bonds is 3. The number of amides is 1. The molecular weight excluding hydrogens is 278 g/mol. The van der Waals surface area contributed by atoms with Crippen molar-refractivity contribution < 1.29 is 28.9 Å². The van der Waals surface area contributed by atoms with Crippen molar-refractivity contribution in [3.8, 4) is 11.5 Å². The molecule has 112 valence electrons. The van der Waals surface area contributed by atoms with Crippen LogP contribution >= 0.6 is 0 Å². The number of hydrogen-bond acceptors (Lipinski definition) is 5. The summed E-state index contributed by atoms with van der Waals surface area (Å²) >= 11 is 0. The number of aliphatic carboxylic acids is 1. The number of para-hydroxylation sites is 2. The van der Waals surface area contributed by atoms with E-state index in [2.05, 4.69) is 5.32 Å². The smallest absolute Gasteiger partial charge is 0.334 e. The van der Waals surface area contributed by atoms with Crippen LogP contribution in [-0.2, 0) is 14.3 Å². The summed E-state index contributed by atoms with van der Waals surface area (Å²) in [5, 5.41) is 11.7. The Kier molecular flexibility index (Phi) is 3.66. The lowest BCUT2D eigenvalue weighted by Gasteiger charge is -2.27. The summed E-state index contributed by atoms with van der Waals surface area (Å²) in [5.41, 5.74) is 0. The molecule has 1 saturated heterocycles. The van der Waals surface area contributed by atoms with E-state index >= 15 is 0 Å². The average molecular weight is 293 g/mol. The fraction of sp³-hybridized carbons (Fsp3) is 0.429. The highest BCUT2D eigenvalue weighted by Gasteiger charge is 2.37. The molecule has 7 nitrogen and oxygen atoms in total. The molecule has 3 rings (SSSR count). The van der Waals surface area contributed by atoms with Crippen LogP contribution in [0.5, 0.6) is 11.5 Å². The lowest BCUT2D eigenvalue weighted by molar-refractivity contribution is -0.148.